The van der Waals surface area contributed by atoms with Crippen LogP contribution in [0.3, 0.4) is 0 Å². The van der Waals surface area contributed by atoms with Gasteiger partial charge in [0.2, 0.25) is 0 Å². The molecule has 1 atom stereocenters. The molecule has 2 rings (SSSR count). The molecular formula is C14H20FNO. The molecule has 94 valence electrons. The van der Waals surface area contributed by atoms with Gasteiger partial charge in [0.1, 0.15) is 5.82 Å². The summed E-state index contributed by atoms with van der Waals surface area (Å²) in [5.74, 6) is -0.177. The van der Waals surface area contributed by atoms with Crippen LogP contribution in [0.25, 0.3) is 0 Å². The van der Waals surface area contributed by atoms with Gasteiger partial charge in [-0.25, -0.2) is 4.39 Å². The molecule has 1 N–H and O–H groups in total. The normalized spacial score (nSPS) is 19.2. The van der Waals surface area contributed by atoms with Crippen molar-refractivity contribution in [2.24, 2.45) is 0 Å². The summed E-state index contributed by atoms with van der Waals surface area (Å²) in [5, 5.41) is 9.56. The summed E-state index contributed by atoms with van der Waals surface area (Å²) in [5.41, 5.74) is 1.67. The lowest BCUT2D eigenvalue weighted by atomic mass is 10.0. The van der Waals surface area contributed by atoms with Gasteiger partial charge in [-0.3, -0.25) is 4.90 Å². The molecule has 1 aliphatic heterocycles. The molecule has 0 saturated carbocycles. The van der Waals surface area contributed by atoms with Crippen LogP contribution in [0, 0.1) is 12.7 Å². The Balaban J connectivity index is 2.18. The fourth-order valence-corrected chi connectivity index (χ4v) is 2.54. The number of benzene rings is 1. The van der Waals surface area contributed by atoms with Crippen molar-refractivity contribution in [1.82, 2.24) is 4.90 Å². The van der Waals surface area contributed by atoms with Crippen LogP contribution in [-0.4, -0.2) is 29.7 Å². The summed E-state index contributed by atoms with van der Waals surface area (Å²) in [6.07, 6.45) is 3.66. The van der Waals surface area contributed by atoms with Crippen molar-refractivity contribution in [3.63, 3.8) is 0 Å². The molecule has 0 radical (unpaired) electrons. The first kappa shape index (κ1) is 12.5. The highest BCUT2D eigenvalue weighted by Crippen LogP contribution is 2.25. The first-order valence-electron chi connectivity index (χ1n) is 6.33. The van der Waals surface area contributed by atoms with E-state index < -0.39 is 0 Å². The van der Waals surface area contributed by atoms with E-state index in [0.29, 0.717) is 5.56 Å². The number of aryl methyl sites for hydroxylation is 1. The number of piperidine rings is 1. The highest BCUT2D eigenvalue weighted by molar-refractivity contribution is 5.26. The quantitative estimate of drug-likeness (QED) is 0.873. The Hall–Kier alpha value is -0.930. The molecule has 1 heterocycles. The van der Waals surface area contributed by atoms with Gasteiger partial charge in [0.25, 0.3) is 0 Å². The Morgan fingerprint density at radius 1 is 1.29 bits per heavy atom. The van der Waals surface area contributed by atoms with E-state index in [4.69, 9.17) is 0 Å². The second-order valence-electron chi connectivity index (χ2n) is 4.80. The summed E-state index contributed by atoms with van der Waals surface area (Å²) in [6, 6.07) is 5.16. The fourth-order valence-electron chi connectivity index (χ4n) is 2.54. The Morgan fingerprint density at radius 3 is 2.59 bits per heavy atom. The maximum absolute atomic E-state index is 13.2. The van der Waals surface area contributed by atoms with Crippen LogP contribution < -0.4 is 0 Å². The Bertz CT molecular complexity index is 374. The minimum absolute atomic E-state index is 0.0228. The van der Waals surface area contributed by atoms with Crippen LogP contribution in [0.1, 0.15) is 36.4 Å². The molecule has 3 heteroatoms. The lowest BCUT2D eigenvalue weighted by Gasteiger charge is -2.33. The molecule has 2 nitrogen and oxygen atoms in total. The van der Waals surface area contributed by atoms with E-state index in [2.05, 4.69) is 4.90 Å². The van der Waals surface area contributed by atoms with Gasteiger partial charge in [-0.1, -0.05) is 18.6 Å². The Morgan fingerprint density at radius 2 is 2.00 bits per heavy atom. The summed E-state index contributed by atoms with van der Waals surface area (Å²) in [7, 11) is 0. The molecule has 1 unspecified atom stereocenters. The van der Waals surface area contributed by atoms with E-state index in [1.807, 2.05) is 6.07 Å². The van der Waals surface area contributed by atoms with Gasteiger partial charge in [0.15, 0.2) is 0 Å². The molecule has 0 spiro atoms. The van der Waals surface area contributed by atoms with E-state index in [1.165, 1.54) is 25.3 Å². The van der Waals surface area contributed by atoms with E-state index in [-0.39, 0.29) is 18.5 Å². The number of nitrogens with zero attached hydrogens (tertiary/aromatic N) is 1. The summed E-state index contributed by atoms with van der Waals surface area (Å²) < 4.78 is 13.2. The first-order chi connectivity index (χ1) is 8.22. The lowest BCUT2D eigenvalue weighted by Crippen LogP contribution is -2.35. The van der Waals surface area contributed by atoms with Crippen molar-refractivity contribution in [1.29, 1.82) is 0 Å². The largest absolute Gasteiger partial charge is 0.394 e. The number of likely N-dealkylation sites (tertiary alicyclic amines) is 1. The zero-order chi connectivity index (χ0) is 12.3. The SMILES string of the molecule is Cc1cc(C(CO)N2CCCCC2)ccc1F. The summed E-state index contributed by atoms with van der Waals surface area (Å²) >= 11 is 0. The predicted molar refractivity (Wildman–Crippen MR) is 66.4 cm³/mol. The zero-order valence-electron chi connectivity index (χ0n) is 10.3. The maximum Gasteiger partial charge on any atom is 0.126 e. The lowest BCUT2D eigenvalue weighted by molar-refractivity contribution is 0.104. The maximum atomic E-state index is 13.2. The van der Waals surface area contributed by atoms with E-state index >= 15 is 0 Å². The summed E-state index contributed by atoms with van der Waals surface area (Å²) in [4.78, 5) is 2.30. The average molecular weight is 237 g/mol. The van der Waals surface area contributed by atoms with Crippen molar-refractivity contribution in [3.8, 4) is 0 Å². The first-order valence-corrected chi connectivity index (χ1v) is 6.33. The van der Waals surface area contributed by atoms with Crippen molar-refractivity contribution in [3.05, 3.63) is 35.1 Å². The highest BCUT2D eigenvalue weighted by atomic mass is 19.1. The van der Waals surface area contributed by atoms with Crippen LogP contribution >= 0.6 is 0 Å². The smallest absolute Gasteiger partial charge is 0.126 e. The minimum Gasteiger partial charge on any atom is -0.394 e. The number of rotatable bonds is 3. The second kappa shape index (κ2) is 5.61. The molecular weight excluding hydrogens is 217 g/mol. The van der Waals surface area contributed by atoms with Gasteiger partial charge in [-0.05, 0) is 50.0 Å². The van der Waals surface area contributed by atoms with Gasteiger partial charge in [-0.15, -0.1) is 0 Å². The monoisotopic (exact) mass is 237 g/mol. The van der Waals surface area contributed by atoms with Gasteiger partial charge >= 0.3 is 0 Å². The third-order valence-corrected chi connectivity index (χ3v) is 3.57. The Labute approximate surface area is 102 Å². The molecule has 0 bridgehead atoms. The van der Waals surface area contributed by atoms with E-state index in [0.717, 1.165) is 18.7 Å². The number of hydrogen-bond donors (Lipinski definition) is 1. The van der Waals surface area contributed by atoms with Crippen LogP contribution in [0.5, 0.6) is 0 Å². The standard InChI is InChI=1S/C14H20FNO/c1-11-9-12(5-6-13(11)15)14(10-17)16-7-3-2-4-8-16/h5-6,9,14,17H,2-4,7-8,10H2,1H3. The second-order valence-corrected chi connectivity index (χ2v) is 4.80. The predicted octanol–water partition coefficient (Wildman–Crippen LogP) is 2.65. The van der Waals surface area contributed by atoms with Crippen LogP contribution in [0.4, 0.5) is 4.39 Å². The topological polar surface area (TPSA) is 23.5 Å². The third kappa shape index (κ3) is 2.85. The minimum atomic E-state index is -0.177. The molecule has 1 aliphatic rings. The van der Waals surface area contributed by atoms with Crippen molar-refractivity contribution in [2.75, 3.05) is 19.7 Å². The van der Waals surface area contributed by atoms with Crippen molar-refractivity contribution < 1.29 is 9.50 Å². The number of halogens is 1. The van der Waals surface area contributed by atoms with E-state index in [9.17, 15) is 9.50 Å². The molecule has 1 aromatic carbocycles. The van der Waals surface area contributed by atoms with Crippen molar-refractivity contribution >= 4 is 0 Å². The molecule has 17 heavy (non-hydrogen) atoms. The molecule has 1 saturated heterocycles. The van der Waals surface area contributed by atoms with Crippen LogP contribution in [0.2, 0.25) is 0 Å². The van der Waals surface area contributed by atoms with Gasteiger partial charge in [-0.2, -0.15) is 0 Å². The average Bonchev–Trinajstić information content (AvgIpc) is 2.36. The molecule has 0 aromatic heterocycles. The molecule has 1 aromatic rings. The third-order valence-electron chi connectivity index (χ3n) is 3.57. The van der Waals surface area contributed by atoms with Crippen LogP contribution in [-0.2, 0) is 0 Å². The Kier molecular flexibility index (Phi) is 4.13. The van der Waals surface area contributed by atoms with Gasteiger partial charge in [0, 0.05) is 0 Å². The van der Waals surface area contributed by atoms with Crippen LogP contribution in [0.15, 0.2) is 18.2 Å². The number of hydrogen-bond acceptors (Lipinski definition) is 2. The summed E-state index contributed by atoms with van der Waals surface area (Å²) in [6.45, 7) is 3.93. The number of aliphatic hydroxyl groups is 1. The van der Waals surface area contributed by atoms with E-state index in [1.54, 1.807) is 13.0 Å². The van der Waals surface area contributed by atoms with Gasteiger partial charge < -0.3 is 5.11 Å². The van der Waals surface area contributed by atoms with Crippen molar-refractivity contribution in [2.45, 2.75) is 32.2 Å². The molecule has 0 aliphatic carbocycles. The number of aliphatic hydroxyl groups excluding tert-OH is 1. The molecule has 0 amide bonds. The highest BCUT2D eigenvalue weighted by Gasteiger charge is 2.21. The molecule has 1 fully saturated rings. The van der Waals surface area contributed by atoms with Gasteiger partial charge in [0.05, 0.1) is 12.6 Å². The zero-order valence-corrected chi connectivity index (χ0v) is 10.3. The fraction of sp³-hybridized carbons (Fsp3) is 0.571.